The minimum atomic E-state index is -1.24. The van der Waals surface area contributed by atoms with E-state index in [1.54, 1.807) is 0 Å². The third-order valence-electron chi connectivity index (χ3n) is 2.02. The molecular weight excluding hydrogens is 230 g/mol. The number of carboxylic acids is 1. The Kier molecular flexibility index (Phi) is 6.64. The van der Waals surface area contributed by atoms with Crippen molar-refractivity contribution in [3.63, 3.8) is 0 Å². The molecule has 0 aliphatic carbocycles. The highest BCUT2D eigenvalue weighted by atomic mass is 16.4. The average Bonchev–Trinajstić information content (AvgIpc) is 2.27. The van der Waals surface area contributed by atoms with E-state index in [-0.39, 0.29) is 25.5 Å². The Morgan fingerprint density at radius 2 is 1.94 bits per heavy atom. The molecule has 0 radical (unpaired) electrons. The van der Waals surface area contributed by atoms with E-state index in [2.05, 4.69) is 10.6 Å². The van der Waals surface area contributed by atoms with Gasteiger partial charge in [0.1, 0.15) is 12.6 Å². The van der Waals surface area contributed by atoms with Gasteiger partial charge in [0.2, 0.25) is 5.91 Å². The summed E-state index contributed by atoms with van der Waals surface area (Å²) in [5.74, 6) is -1.60. The van der Waals surface area contributed by atoms with Crippen molar-refractivity contribution in [1.82, 2.24) is 15.5 Å². The van der Waals surface area contributed by atoms with Gasteiger partial charge in [0.15, 0.2) is 0 Å². The van der Waals surface area contributed by atoms with Gasteiger partial charge in [-0.05, 0) is 0 Å². The number of carboxylic acid groups (broad SMARTS) is 1. The fraction of sp³-hybridized carbons (Fsp3) is 0.667. The predicted octanol–water partition coefficient (Wildman–Crippen LogP) is -1.79. The fourth-order valence-electron chi connectivity index (χ4n) is 1.01. The molecule has 0 aromatic carbocycles. The normalized spacial score (nSPS) is 11.5. The number of carbonyl (C=O) groups excluding carboxylic acids is 2. The van der Waals surface area contributed by atoms with Crippen LogP contribution < -0.4 is 10.6 Å². The van der Waals surface area contributed by atoms with Crippen LogP contribution in [0.15, 0.2) is 0 Å². The Morgan fingerprint density at radius 1 is 1.35 bits per heavy atom. The highest BCUT2D eigenvalue weighted by Crippen LogP contribution is 1.94. The summed E-state index contributed by atoms with van der Waals surface area (Å²) in [6.45, 7) is -0.524. The number of nitrogens with zero attached hydrogens (tertiary/aromatic N) is 1. The van der Waals surface area contributed by atoms with E-state index >= 15 is 0 Å². The highest BCUT2D eigenvalue weighted by Gasteiger charge is 2.21. The number of nitrogens with one attached hydrogen (secondary N) is 2. The number of aliphatic hydroxyl groups excluding tert-OH is 1. The first-order valence-corrected chi connectivity index (χ1v) is 4.98. The standard InChI is InChI=1S/C9H17N3O5/c1-10-7(14)5-12(2)9(17)11-6(3-4-13)8(15)16/h6,13H,3-5H2,1-2H3,(H,10,14)(H,11,17)(H,15,16). The van der Waals surface area contributed by atoms with E-state index in [9.17, 15) is 14.4 Å². The molecule has 0 spiro atoms. The molecule has 0 aromatic heterocycles. The molecule has 8 heteroatoms. The lowest BCUT2D eigenvalue weighted by molar-refractivity contribution is -0.139. The Hall–Kier alpha value is -1.83. The average molecular weight is 247 g/mol. The lowest BCUT2D eigenvalue weighted by Crippen LogP contribution is -2.49. The Morgan fingerprint density at radius 3 is 2.35 bits per heavy atom. The zero-order valence-corrected chi connectivity index (χ0v) is 9.77. The monoisotopic (exact) mass is 247 g/mol. The molecular formula is C9H17N3O5. The van der Waals surface area contributed by atoms with Gasteiger partial charge in [-0.3, -0.25) is 4.79 Å². The lowest BCUT2D eigenvalue weighted by atomic mass is 10.2. The molecule has 17 heavy (non-hydrogen) atoms. The van der Waals surface area contributed by atoms with E-state index < -0.39 is 18.0 Å². The Labute approximate surface area is 98.6 Å². The highest BCUT2D eigenvalue weighted by molar-refractivity contribution is 5.86. The number of aliphatic carboxylic acids is 1. The summed E-state index contributed by atoms with van der Waals surface area (Å²) >= 11 is 0. The van der Waals surface area contributed by atoms with E-state index in [1.807, 2.05) is 0 Å². The number of amides is 3. The molecule has 0 saturated carbocycles. The quantitative estimate of drug-likeness (QED) is 0.442. The van der Waals surface area contributed by atoms with Crippen LogP contribution in [0.1, 0.15) is 6.42 Å². The first kappa shape index (κ1) is 15.2. The second kappa shape index (κ2) is 7.44. The summed E-state index contributed by atoms with van der Waals surface area (Å²) in [5, 5.41) is 21.9. The van der Waals surface area contributed by atoms with Gasteiger partial charge < -0.3 is 25.7 Å². The van der Waals surface area contributed by atoms with Crippen molar-refractivity contribution in [2.45, 2.75) is 12.5 Å². The van der Waals surface area contributed by atoms with Crippen LogP contribution in [0.2, 0.25) is 0 Å². The second-order valence-corrected chi connectivity index (χ2v) is 3.38. The van der Waals surface area contributed by atoms with Crippen LogP contribution in [0.3, 0.4) is 0 Å². The second-order valence-electron chi connectivity index (χ2n) is 3.38. The van der Waals surface area contributed by atoms with Gasteiger partial charge in [0.05, 0.1) is 0 Å². The van der Waals surface area contributed by atoms with Crippen molar-refractivity contribution >= 4 is 17.9 Å². The van der Waals surface area contributed by atoms with Crippen LogP contribution in [0.25, 0.3) is 0 Å². The summed E-state index contributed by atoms with van der Waals surface area (Å²) in [4.78, 5) is 34.2. The number of carbonyl (C=O) groups is 3. The SMILES string of the molecule is CNC(=O)CN(C)C(=O)NC(CCO)C(=O)O. The van der Waals surface area contributed by atoms with E-state index in [0.29, 0.717) is 0 Å². The Balaban J connectivity index is 4.30. The van der Waals surface area contributed by atoms with Crippen LogP contribution in [0.4, 0.5) is 4.79 Å². The molecule has 0 saturated heterocycles. The van der Waals surface area contributed by atoms with Gasteiger partial charge in [-0.25, -0.2) is 9.59 Å². The number of hydrogen-bond acceptors (Lipinski definition) is 4. The fourth-order valence-corrected chi connectivity index (χ4v) is 1.01. The summed E-state index contributed by atoms with van der Waals surface area (Å²) < 4.78 is 0. The molecule has 3 amide bonds. The van der Waals surface area contributed by atoms with Crippen LogP contribution in [0.5, 0.6) is 0 Å². The number of aliphatic hydroxyl groups is 1. The molecule has 4 N–H and O–H groups in total. The summed E-state index contributed by atoms with van der Waals surface area (Å²) in [6.07, 6.45) is -0.0884. The predicted molar refractivity (Wildman–Crippen MR) is 58.4 cm³/mol. The first-order chi connectivity index (χ1) is 7.92. The first-order valence-electron chi connectivity index (χ1n) is 4.98. The van der Waals surface area contributed by atoms with Gasteiger partial charge >= 0.3 is 12.0 Å². The van der Waals surface area contributed by atoms with Crippen LogP contribution >= 0.6 is 0 Å². The minimum Gasteiger partial charge on any atom is -0.480 e. The van der Waals surface area contributed by atoms with Crippen LogP contribution in [-0.2, 0) is 9.59 Å². The topological polar surface area (TPSA) is 119 Å². The molecule has 0 fully saturated rings. The third kappa shape index (κ3) is 5.71. The van der Waals surface area contributed by atoms with E-state index in [4.69, 9.17) is 10.2 Å². The zero-order chi connectivity index (χ0) is 13.4. The number of rotatable bonds is 6. The van der Waals surface area contributed by atoms with E-state index in [1.165, 1.54) is 14.1 Å². The zero-order valence-electron chi connectivity index (χ0n) is 9.77. The van der Waals surface area contributed by atoms with Crippen molar-refractivity contribution < 1.29 is 24.6 Å². The maximum atomic E-state index is 11.5. The number of likely N-dealkylation sites (N-methyl/N-ethyl adjacent to an activating group) is 2. The molecule has 0 rings (SSSR count). The maximum absolute atomic E-state index is 11.5. The van der Waals surface area contributed by atoms with Gasteiger partial charge in [-0.2, -0.15) is 0 Å². The minimum absolute atomic E-state index is 0.0884. The molecule has 0 heterocycles. The van der Waals surface area contributed by atoms with Gasteiger partial charge in [-0.1, -0.05) is 0 Å². The number of hydrogen-bond donors (Lipinski definition) is 4. The van der Waals surface area contributed by atoms with Crippen LogP contribution in [0, 0.1) is 0 Å². The molecule has 0 aromatic rings. The smallest absolute Gasteiger partial charge is 0.326 e. The van der Waals surface area contributed by atoms with Crippen molar-refractivity contribution in [1.29, 1.82) is 0 Å². The molecule has 0 bridgehead atoms. The summed E-state index contributed by atoms with van der Waals surface area (Å²) in [5.41, 5.74) is 0. The van der Waals surface area contributed by atoms with Crippen molar-refractivity contribution in [2.24, 2.45) is 0 Å². The van der Waals surface area contributed by atoms with Crippen molar-refractivity contribution in [3.05, 3.63) is 0 Å². The summed E-state index contributed by atoms with van der Waals surface area (Å²) in [7, 11) is 2.79. The molecule has 1 unspecified atom stereocenters. The van der Waals surface area contributed by atoms with Gasteiger partial charge in [0.25, 0.3) is 0 Å². The molecule has 0 aliphatic heterocycles. The molecule has 0 aliphatic rings. The maximum Gasteiger partial charge on any atom is 0.326 e. The molecule has 8 nitrogen and oxygen atoms in total. The number of urea groups is 1. The van der Waals surface area contributed by atoms with Crippen molar-refractivity contribution in [3.8, 4) is 0 Å². The van der Waals surface area contributed by atoms with Gasteiger partial charge in [0, 0.05) is 27.1 Å². The summed E-state index contributed by atoms with van der Waals surface area (Å²) in [6, 6.07) is -1.85. The lowest BCUT2D eigenvalue weighted by Gasteiger charge is -2.20. The largest absolute Gasteiger partial charge is 0.480 e. The Bertz CT molecular complexity index is 294. The van der Waals surface area contributed by atoms with E-state index in [0.717, 1.165) is 4.90 Å². The van der Waals surface area contributed by atoms with Gasteiger partial charge in [-0.15, -0.1) is 0 Å². The third-order valence-corrected chi connectivity index (χ3v) is 2.02. The molecule has 98 valence electrons. The molecule has 1 atom stereocenters. The van der Waals surface area contributed by atoms with Crippen LogP contribution in [-0.4, -0.2) is 66.3 Å². The van der Waals surface area contributed by atoms with Crippen molar-refractivity contribution in [2.75, 3.05) is 27.2 Å².